The Morgan fingerprint density at radius 2 is 2.25 bits per heavy atom. The number of methoxy groups -OCH3 is 1. The van der Waals surface area contributed by atoms with E-state index in [4.69, 9.17) is 14.2 Å². The van der Waals surface area contributed by atoms with Crippen molar-refractivity contribution >= 4 is 5.97 Å². The van der Waals surface area contributed by atoms with Crippen LogP contribution in [0.5, 0.6) is 11.5 Å². The third kappa shape index (κ3) is 2.22. The molecule has 4 unspecified atom stereocenters. The molecule has 0 amide bonds. The van der Waals surface area contributed by atoms with Crippen molar-refractivity contribution < 1.29 is 23.9 Å². The Morgan fingerprint density at radius 3 is 3.00 bits per heavy atom. The van der Waals surface area contributed by atoms with Gasteiger partial charge in [-0.2, -0.15) is 0 Å². The number of hydrogen-bond acceptors (Lipinski definition) is 4. The number of esters is 1. The molecule has 1 N–H and O–H groups in total. The Kier molecular flexibility index (Phi) is 3.57. The number of quaternary nitrogens is 1. The zero-order valence-corrected chi connectivity index (χ0v) is 14.4. The van der Waals surface area contributed by atoms with E-state index in [1.54, 1.807) is 7.11 Å². The fourth-order valence-electron chi connectivity index (χ4n) is 4.52. The molecule has 0 aromatic heterocycles. The van der Waals surface area contributed by atoms with Gasteiger partial charge in [-0.05, 0) is 17.7 Å². The first-order chi connectivity index (χ1) is 11.5. The lowest BCUT2D eigenvalue weighted by atomic mass is 9.70. The Morgan fingerprint density at radius 1 is 1.42 bits per heavy atom. The summed E-state index contributed by atoms with van der Waals surface area (Å²) in [5.74, 6) is 1.42. The van der Waals surface area contributed by atoms with E-state index in [0.717, 1.165) is 31.0 Å². The van der Waals surface area contributed by atoms with E-state index in [-0.39, 0.29) is 23.6 Å². The van der Waals surface area contributed by atoms with Crippen molar-refractivity contribution in [2.24, 2.45) is 0 Å². The lowest BCUT2D eigenvalue weighted by Gasteiger charge is -2.36. The van der Waals surface area contributed by atoms with Crippen molar-refractivity contribution in [3.63, 3.8) is 0 Å². The molecule has 0 bridgehead atoms. The number of likely N-dealkylation sites (N-methyl/N-ethyl adjacent to an activating group) is 1. The summed E-state index contributed by atoms with van der Waals surface area (Å²) < 4.78 is 17.3. The van der Waals surface area contributed by atoms with E-state index in [0.29, 0.717) is 6.42 Å². The van der Waals surface area contributed by atoms with E-state index in [2.05, 4.69) is 19.2 Å². The van der Waals surface area contributed by atoms with Crippen molar-refractivity contribution in [1.29, 1.82) is 0 Å². The molecule has 4 atom stereocenters. The number of ether oxygens (including phenoxy) is 3. The van der Waals surface area contributed by atoms with E-state index in [1.165, 1.54) is 23.0 Å². The lowest BCUT2D eigenvalue weighted by Crippen LogP contribution is -3.10. The molecule has 3 aliphatic rings. The van der Waals surface area contributed by atoms with Crippen LogP contribution in [0.1, 0.15) is 24.5 Å². The van der Waals surface area contributed by atoms with Crippen LogP contribution >= 0.6 is 0 Å². The molecule has 1 aliphatic carbocycles. The maximum Gasteiger partial charge on any atom is 0.303 e. The van der Waals surface area contributed by atoms with Gasteiger partial charge in [0.05, 0.1) is 27.2 Å². The predicted octanol–water partition coefficient (Wildman–Crippen LogP) is 0.656. The first-order valence-corrected chi connectivity index (χ1v) is 8.58. The number of benzene rings is 1. The summed E-state index contributed by atoms with van der Waals surface area (Å²) in [5, 5.41) is 0. The van der Waals surface area contributed by atoms with Crippen LogP contribution in [0.15, 0.2) is 24.3 Å². The van der Waals surface area contributed by atoms with Crippen LogP contribution in [0.4, 0.5) is 0 Å². The molecule has 0 saturated carbocycles. The Bertz CT molecular complexity index is 714. The number of hydrogen-bond donors (Lipinski definition) is 1. The van der Waals surface area contributed by atoms with E-state index >= 15 is 0 Å². The summed E-state index contributed by atoms with van der Waals surface area (Å²) in [7, 11) is 3.92. The summed E-state index contributed by atoms with van der Waals surface area (Å²) in [5.41, 5.74) is 2.47. The number of nitrogens with one attached hydrogen (secondary N) is 1. The van der Waals surface area contributed by atoms with Gasteiger partial charge in [0.2, 0.25) is 0 Å². The summed E-state index contributed by atoms with van der Waals surface area (Å²) in [4.78, 5) is 12.8. The van der Waals surface area contributed by atoms with Crippen LogP contribution < -0.4 is 14.4 Å². The second-order valence-corrected chi connectivity index (χ2v) is 7.15. The largest absolute Gasteiger partial charge is 0.493 e. The molecule has 0 saturated heterocycles. The fraction of sp³-hybridized carbons (Fsp3) is 0.526. The molecule has 0 radical (unpaired) electrons. The highest BCUT2D eigenvalue weighted by atomic mass is 16.5. The topological polar surface area (TPSA) is 49.2 Å². The Balaban J connectivity index is 1.83. The zero-order valence-electron chi connectivity index (χ0n) is 14.4. The van der Waals surface area contributed by atoms with Crippen LogP contribution in [0, 0.1) is 0 Å². The van der Waals surface area contributed by atoms with Crippen molar-refractivity contribution in [3.8, 4) is 11.5 Å². The molecule has 5 nitrogen and oxygen atoms in total. The molecular formula is C19H24NO4+. The molecule has 5 heteroatoms. The molecular weight excluding hydrogens is 306 g/mol. The van der Waals surface area contributed by atoms with Crippen molar-refractivity contribution in [1.82, 2.24) is 0 Å². The highest BCUT2D eigenvalue weighted by molar-refractivity contribution is 5.66. The quantitative estimate of drug-likeness (QED) is 0.639. The second kappa shape index (κ2) is 5.52. The first-order valence-electron chi connectivity index (χ1n) is 8.58. The van der Waals surface area contributed by atoms with Gasteiger partial charge in [0, 0.05) is 25.3 Å². The zero-order chi connectivity index (χ0) is 16.9. The minimum atomic E-state index is -0.252. The third-order valence-corrected chi connectivity index (χ3v) is 5.52. The van der Waals surface area contributed by atoms with Gasteiger partial charge in [0.15, 0.2) is 11.5 Å². The average molecular weight is 330 g/mol. The van der Waals surface area contributed by atoms with E-state index in [9.17, 15) is 4.79 Å². The number of carbonyl (C=O) groups excluding carboxylic acids is 1. The smallest absolute Gasteiger partial charge is 0.303 e. The van der Waals surface area contributed by atoms with Crippen molar-refractivity contribution in [3.05, 3.63) is 35.4 Å². The van der Waals surface area contributed by atoms with Crippen LogP contribution in [0.25, 0.3) is 0 Å². The molecule has 2 aliphatic heterocycles. The lowest BCUT2D eigenvalue weighted by molar-refractivity contribution is -0.882. The van der Waals surface area contributed by atoms with Gasteiger partial charge < -0.3 is 19.1 Å². The molecule has 128 valence electrons. The van der Waals surface area contributed by atoms with Crippen molar-refractivity contribution in [2.45, 2.75) is 37.4 Å². The molecule has 2 heterocycles. The van der Waals surface area contributed by atoms with Gasteiger partial charge in [-0.15, -0.1) is 0 Å². The molecule has 24 heavy (non-hydrogen) atoms. The van der Waals surface area contributed by atoms with Gasteiger partial charge in [0.25, 0.3) is 0 Å². The normalized spacial score (nSPS) is 33.0. The molecule has 1 spiro atoms. The summed E-state index contributed by atoms with van der Waals surface area (Å²) in [6.45, 7) is 3.54. The maximum atomic E-state index is 11.3. The number of rotatable bonds is 2. The SMILES string of the molecule is COc1ccc2c3c1OC1CC(OC(C)=O)C=CC31C[NH+](C)CC2. The second-order valence-electron chi connectivity index (χ2n) is 7.15. The van der Waals surface area contributed by atoms with Crippen molar-refractivity contribution in [2.75, 3.05) is 27.2 Å². The molecule has 4 rings (SSSR count). The summed E-state index contributed by atoms with van der Waals surface area (Å²) in [6.07, 6.45) is 5.74. The van der Waals surface area contributed by atoms with Gasteiger partial charge in [-0.3, -0.25) is 4.79 Å². The minimum Gasteiger partial charge on any atom is -0.493 e. The van der Waals surface area contributed by atoms with Crippen LogP contribution in [0.3, 0.4) is 0 Å². The molecule has 1 aromatic rings. The fourth-order valence-corrected chi connectivity index (χ4v) is 4.52. The highest BCUT2D eigenvalue weighted by Crippen LogP contribution is 2.53. The molecule has 0 fully saturated rings. The maximum absolute atomic E-state index is 11.3. The standard InChI is InChI=1S/C19H23NO4/c1-12(21)23-14-6-8-19-11-20(2)9-7-13-4-5-15(22-3)18(17(13)19)24-16(19)10-14/h4-6,8,14,16H,7,9-11H2,1-3H3/p+1. The van der Waals surface area contributed by atoms with Crippen LogP contribution in [-0.4, -0.2) is 45.4 Å². The number of carbonyl (C=O) groups is 1. The van der Waals surface area contributed by atoms with Crippen LogP contribution in [0.2, 0.25) is 0 Å². The van der Waals surface area contributed by atoms with Gasteiger partial charge in [-0.1, -0.05) is 12.1 Å². The predicted molar refractivity (Wildman–Crippen MR) is 88.7 cm³/mol. The summed E-state index contributed by atoms with van der Waals surface area (Å²) in [6, 6.07) is 4.18. The minimum absolute atomic E-state index is 0.0232. The average Bonchev–Trinajstić information content (AvgIpc) is 2.78. The highest BCUT2D eigenvalue weighted by Gasteiger charge is 2.55. The Labute approximate surface area is 142 Å². The Hall–Kier alpha value is -2.01. The summed E-state index contributed by atoms with van der Waals surface area (Å²) >= 11 is 0. The molecule has 1 aromatic carbocycles. The van der Waals surface area contributed by atoms with E-state index < -0.39 is 0 Å². The van der Waals surface area contributed by atoms with Crippen LogP contribution in [-0.2, 0) is 21.4 Å². The monoisotopic (exact) mass is 330 g/mol. The first kappa shape index (κ1) is 15.5. The third-order valence-electron chi connectivity index (χ3n) is 5.52. The van der Waals surface area contributed by atoms with Gasteiger partial charge in [-0.25, -0.2) is 0 Å². The van der Waals surface area contributed by atoms with Gasteiger partial charge in [0.1, 0.15) is 17.6 Å². The van der Waals surface area contributed by atoms with E-state index in [1.807, 2.05) is 12.1 Å². The van der Waals surface area contributed by atoms with Gasteiger partial charge >= 0.3 is 5.97 Å².